The predicted octanol–water partition coefficient (Wildman–Crippen LogP) is 2.24. The molecule has 0 bridgehead atoms. The van der Waals surface area contributed by atoms with Crippen molar-refractivity contribution >= 4 is 21.6 Å². The summed E-state index contributed by atoms with van der Waals surface area (Å²) in [7, 11) is -3.88. The fourth-order valence-electron chi connectivity index (χ4n) is 1.91. The van der Waals surface area contributed by atoms with Gasteiger partial charge in [0.1, 0.15) is 0 Å². The van der Waals surface area contributed by atoms with Gasteiger partial charge in [0.15, 0.2) is 0 Å². The summed E-state index contributed by atoms with van der Waals surface area (Å²) >= 11 is 0. The molecule has 21 heavy (non-hydrogen) atoms. The number of benzene rings is 2. The van der Waals surface area contributed by atoms with E-state index in [-0.39, 0.29) is 4.90 Å². The molecule has 0 saturated heterocycles. The van der Waals surface area contributed by atoms with Crippen molar-refractivity contribution < 1.29 is 13.2 Å². The van der Waals surface area contributed by atoms with Crippen molar-refractivity contribution in [2.45, 2.75) is 18.7 Å². The summed E-state index contributed by atoms with van der Waals surface area (Å²) in [6.07, 6.45) is 0. The number of para-hydroxylation sites is 1. The first-order valence-corrected chi connectivity index (χ1v) is 7.80. The molecule has 2 aromatic rings. The third kappa shape index (κ3) is 3.22. The minimum atomic E-state index is -3.88. The van der Waals surface area contributed by atoms with Gasteiger partial charge in [0, 0.05) is 6.92 Å². The molecule has 0 saturated carbocycles. The number of sulfonamides is 1. The summed E-state index contributed by atoms with van der Waals surface area (Å²) < 4.78 is 26.5. The standard InChI is InChI=1S/C15H16N2O3S/c1-12-8-6-7-11-15(12)21(19,20)17(16-13(2)18)14-9-4-3-5-10-14/h3-11H,1-2H3,(H,16,18). The van der Waals surface area contributed by atoms with Gasteiger partial charge < -0.3 is 0 Å². The lowest BCUT2D eigenvalue weighted by Gasteiger charge is -2.24. The molecule has 110 valence electrons. The molecule has 0 spiro atoms. The van der Waals surface area contributed by atoms with Crippen LogP contribution in [0.1, 0.15) is 12.5 Å². The van der Waals surface area contributed by atoms with Crippen LogP contribution in [0.25, 0.3) is 0 Å². The van der Waals surface area contributed by atoms with Gasteiger partial charge in [-0.2, -0.15) is 12.8 Å². The molecular weight excluding hydrogens is 288 g/mol. The van der Waals surface area contributed by atoms with Crippen LogP contribution in [0.2, 0.25) is 0 Å². The third-order valence-electron chi connectivity index (χ3n) is 2.86. The first kappa shape index (κ1) is 15.1. The van der Waals surface area contributed by atoms with Gasteiger partial charge in [0.25, 0.3) is 10.0 Å². The highest BCUT2D eigenvalue weighted by Crippen LogP contribution is 2.23. The monoisotopic (exact) mass is 304 g/mol. The van der Waals surface area contributed by atoms with E-state index in [0.717, 1.165) is 4.41 Å². The molecule has 0 unspecified atom stereocenters. The second-order valence-corrected chi connectivity index (χ2v) is 6.29. The second-order valence-electron chi connectivity index (χ2n) is 4.54. The zero-order valence-corrected chi connectivity index (χ0v) is 12.6. The highest BCUT2D eigenvalue weighted by molar-refractivity contribution is 7.92. The normalized spacial score (nSPS) is 11.0. The summed E-state index contributed by atoms with van der Waals surface area (Å²) in [6, 6.07) is 15.1. The number of amides is 1. The summed E-state index contributed by atoms with van der Waals surface area (Å²) in [4.78, 5) is 11.5. The first-order chi connectivity index (χ1) is 9.93. The van der Waals surface area contributed by atoms with E-state index in [9.17, 15) is 13.2 Å². The zero-order valence-electron chi connectivity index (χ0n) is 11.8. The number of hydrazine groups is 1. The summed E-state index contributed by atoms with van der Waals surface area (Å²) in [5.41, 5.74) is 3.35. The van der Waals surface area contributed by atoms with Gasteiger partial charge in [-0.1, -0.05) is 36.4 Å². The maximum Gasteiger partial charge on any atom is 0.282 e. The molecule has 0 heterocycles. The van der Waals surface area contributed by atoms with Crippen LogP contribution in [0.15, 0.2) is 59.5 Å². The molecular formula is C15H16N2O3S. The SMILES string of the molecule is CC(=O)NN(c1ccccc1)S(=O)(=O)c1ccccc1C. The minimum absolute atomic E-state index is 0.155. The van der Waals surface area contributed by atoms with Crippen LogP contribution in [0.4, 0.5) is 5.69 Å². The lowest BCUT2D eigenvalue weighted by molar-refractivity contribution is -0.118. The van der Waals surface area contributed by atoms with Gasteiger partial charge in [0.05, 0.1) is 10.6 Å². The number of hydrogen-bond acceptors (Lipinski definition) is 3. The van der Waals surface area contributed by atoms with E-state index < -0.39 is 15.9 Å². The van der Waals surface area contributed by atoms with Crippen molar-refractivity contribution in [2.24, 2.45) is 0 Å². The van der Waals surface area contributed by atoms with E-state index in [1.54, 1.807) is 55.5 Å². The average molecular weight is 304 g/mol. The maximum absolute atomic E-state index is 12.8. The van der Waals surface area contributed by atoms with Crippen LogP contribution < -0.4 is 9.84 Å². The molecule has 0 aliphatic carbocycles. The van der Waals surface area contributed by atoms with Crippen LogP contribution in [0.3, 0.4) is 0 Å². The summed E-state index contributed by atoms with van der Waals surface area (Å²) in [5, 5.41) is 0. The Kier molecular flexibility index (Phi) is 4.28. The van der Waals surface area contributed by atoms with Gasteiger partial charge in [-0.3, -0.25) is 10.2 Å². The number of nitrogens with zero attached hydrogens (tertiary/aromatic N) is 1. The van der Waals surface area contributed by atoms with E-state index in [2.05, 4.69) is 5.43 Å². The van der Waals surface area contributed by atoms with E-state index in [4.69, 9.17) is 0 Å². The van der Waals surface area contributed by atoms with Crippen molar-refractivity contribution in [3.8, 4) is 0 Å². The largest absolute Gasteiger partial charge is 0.282 e. The Labute approximate surface area is 124 Å². The van der Waals surface area contributed by atoms with Gasteiger partial charge in [-0.05, 0) is 30.7 Å². The fourth-order valence-corrected chi connectivity index (χ4v) is 3.48. The lowest BCUT2D eigenvalue weighted by atomic mass is 10.2. The van der Waals surface area contributed by atoms with E-state index in [1.807, 2.05) is 0 Å². The molecule has 2 aromatic carbocycles. The third-order valence-corrected chi connectivity index (χ3v) is 4.66. The molecule has 0 aliphatic rings. The number of anilines is 1. The molecule has 6 heteroatoms. The van der Waals surface area contributed by atoms with Crippen molar-refractivity contribution in [1.29, 1.82) is 0 Å². The molecule has 2 rings (SSSR count). The maximum atomic E-state index is 12.8. The average Bonchev–Trinajstić information content (AvgIpc) is 2.45. The van der Waals surface area contributed by atoms with Crippen LogP contribution in [-0.4, -0.2) is 14.3 Å². The molecule has 5 nitrogen and oxygen atoms in total. The molecule has 0 atom stereocenters. The van der Waals surface area contributed by atoms with E-state index >= 15 is 0 Å². The minimum Gasteiger partial charge on any atom is -0.274 e. The molecule has 0 fully saturated rings. The number of nitrogens with one attached hydrogen (secondary N) is 1. The molecule has 0 aliphatic heterocycles. The highest BCUT2D eigenvalue weighted by Gasteiger charge is 2.27. The van der Waals surface area contributed by atoms with E-state index in [1.165, 1.54) is 13.0 Å². The number of hydrogen-bond donors (Lipinski definition) is 1. The Balaban J connectivity index is 2.56. The van der Waals surface area contributed by atoms with Crippen LogP contribution in [0.5, 0.6) is 0 Å². The van der Waals surface area contributed by atoms with E-state index in [0.29, 0.717) is 11.3 Å². The van der Waals surface area contributed by atoms with Crippen LogP contribution >= 0.6 is 0 Å². The lowest BCUT2D eigenvalue weighted by Crippen LogP contribution is -2.45. The van der Waals surface area contributed by atoms with Crippen molar-refractivity contribution in [2.75, 3.05) is 4.41 Å². The topological polar surface area (TPSA) is 66.5 Å². The van der Waals surface area contributed by atoms with Crippen molar-refractivity contribution in [3.05, 3.63) is 60.2 Å². The molecule has 0 aromatic heterocycles. The van der Waals surface area contributed by atoms with Crippen molar-refractivity contribution in [3.63, 3.8) is 0 Å². The zero-order chi connectivity index (χ0) is 15.5. The Hall–Kier alpha value is -2.34. The quantitative estimate of drug-likeness (QED) is 0.881. The number of carbonyl (C=O) groups excluding carboxylic acids is 1. The fraction of sp³-hybridized carbons (Fsp3) is 0.133. The molecule has 1 N–H and O–H groups in total. The van der Waals surface area contributed by atoms with Gasteiger partial charge in [-0.15, -0.1) is 0 Å². The Morgan fingerprint density at radius 1 is 1.00 bits per heavy atom. The Morgan fingerprint density at radius 3 is 2.14 bits per heavy atom. The summed E-state index contributed by atoms with van der Waals surface area (Å²) in [6.45, 7) is 2.98. The number of carbonyl (C=O) groups is 1. The van der Waals surface area contributed by atoms with Gasteiger partial charge >= 0.3 is 0 Å². The predicted molar refractivity (Wildman–Crippen MR) is 81.1 cm³/mol. The van der Waals surface area contributed by atoms with Crippen LogP contribution in [-0.2, 0) is 14.8 Å². The van der Waals surface area contributed by atoms with Gasteiger partial charge in [-0.25, -0.2) is 0 Å². The van der Waals surface area contributed by atoms with Gasteiger partial charge in [0.2, 0.25) is 5.91 Å². The number of rotatable bonds is 4. The smallest absolute Gasteiger partial charge is 0.274 e. The first-order valence-electron chi connectivity index (χ1n) is 6.36. The summed E-state index contributed by atoms with van der Waals surface area (Å²) in [5.74, 6) is -0.462. The van der Waals surface area contributed by atoms with Crippen LogP contribution in [0, 0.1) is 6.92 Å². The second kappa shape index (κ2) is 5.97. The molecule has 1 amide bonds. The molecule has 0 radical (unpaired) electrons. The highest BCUT2D eigenvalue weighted by atomic mass is 32.2. The van der Waals surface area contributed by atoms with Crippen molar-refractivity contribution in [1.82, 2.24) is 5.43 Å². The number of aryl methyl sites for hydroxylation is 1. The Bertz CT molecular complexity index is 743. The Morgan fingerprint density at radius 2 is 1.57 bits per heavy atom.